The second kappa shape index (κ2) is 15.0. The molecule has 0 radical (unpaired) electrons. The Bertz CT molecular complexity index is 1870. The summed E-state index contributed by atoms with van der Waals surface area (Å²) in [6.07, 6.45) is 1.96. The third-order valence-electron chi connectivity index (χ3n) is 9.39. The minimum Gasteiger partial charge on any atom is -0.493 e. The number of para-hydroxylation sites is 2. The number of benzene rings is 2. The number of hydrogen-bond donors (Lipinski definition) is 4. The van der Waals surface area contributed by atoms with Crippen molar-refractivity contribution in [2.45, 2.75) is 72.0 Å². The smallest absolute Gasteiger partial charge is 0.243 e. The van der Waals surface area contributed by atoms with Crippen molar-refractivity contribution < 1.29 is 23.8 Å². The van der Waals surface area contributed by atoms with Gasteiger partial charge in [0, 0.05) is 12.5 Å². The molecular weight excluding hydrogens is 622 g/mol. The maximum absolute atomic E-state index is 14.0. The van der Waals surface area contributed by atoms with Crippen molar-refractivity contribution in [1.82, 2.24) is 20.6 Å². The van der Waals surface area contributed by atoms with Crippen molar-refractivity contribution in [3.05, 3.63) is 75.7 Å². The van der Waals surface area contributed by atoms with Gasteiger partial charge in [-0.25, -0.2) is 4.98 Å². The van der Waals surface area contributed by atoms with Gasteiger partial charge >= 0.3 is 0 Å². The zero-order valence-electron chi connectivity index (χ0n) is 29.5. The number of carbonyl (C=O) groups excluding carboxylic acids is 2. The number of nitrogens with zero attached hydrogens (tertiary/aromatic N) is 1. The highest BCUT2D eigenvalue weighted by atomic mass is 16.5. The molecule has 3 aromatic carbocycles. The molecule has 0 fully saturated rings. The molecule has 0 aliphatic heterocycles. The molecule has 1 aliphatic carbocycles. The zero-order valence-corrected chi connectivity index (χ0v) is 29.5. The quantitative estimate of drug-likeness (QED) is 0.142. The Balaban J connectivity index is 1.57. The van der Waals surface area contributed by atoms with E-state index in [0.717, 1.165) is 28.6 Å². The van der Waals surface area contributed by atoms with Crippen molar-refractivity contribution >= 4 is 28.5 Å². The van der Waals surface area contributed by atoms with Gasteiger partial charge in [0.1, 0.15) is 11.9 Å². The Kier molecular flexibility index (Phi) is 10.8. The van der Waals surface area contributed by atoms with Crippen LogP contribution in [0.25, 0.3) is 22.2 Å². The van der Waals surface area contributed by atoms with Crippen LogP contribution in [0.4, 0.5) is 5.69 Å². The number of nitrogens with one attached hydrogen (secondary N) is 4. The molecule has 0 bridgehead atoms. The predicted molar refractivity (Wildman–Crippen MR) is 191 cm³/mol. The lowest BCUT2D eigenvalue weighted by Gasteiger charge is -2.28. The molecule has 0 spiro atoms. The number of carbonyl (C=O) groups is 2. The number of ether oxygens (including phenoxy) is 3. The third-order valence-corrected chi connectivity index (χ3v) is 9.39. The molecule has 1 aromatic heterocycles. The molecule has 0 saturated heterocycles. The van der Waals surface area contributed by atoms with Crippen LogP contribution in [-0.4, -0.2) is 49.2 Å². The lowest BCUT2D eigenvalue weighted by atomic mass is 9.95. The molecule has 0 saturated carbocycles. The number of amides is 2. The maximum atomic E-state index is 14.0. The number of methoxy groups -OCH3 is 3. The fourth-order valence-corrected chi connectivity index (χ4v) is 6.61. The minimum absolute atomic E-state index is 0.0916. The lowest BCUT2D eigenvalue weighted by Crippen LogP contribution is -2.46. The van der Waals surface area contributed by atoms with Gasteiger partial charge in [-0.05, 0) is 71.7 Å². The minimum atomic E-state index is -0.733. The first-order valence-electron chi connectivity index (χ1n) is 16.8. The summed E-state index contributed by atoms with van der Waals surface area (Å²) in [5.41, 5.74) is 4.71. The predicted octanol–water partition coefficient (Wildman–Crippen LogP) is 6.08. The zero-order chi connectivity index (χ0) is 35.4. The number of H-pyrrole nitrogens is 1. The van der Waals surface area contributed by atoms with E-state index in [-0.39, 0.29) is 40.8 Å². The number of anilines is 1. The normalized spacial score (nSPS) is 15.7. The summed E-state index contributed by atoms with van der Waals surface area (Å²) < 4.78 is 17.2. The van der Waals surface area contributed by atoms with Crippen LogP contribution in [0.3, 0.4) is 0 Å². The molecule has 260 valence electrons. The van der Waals surface area contributed by atoms with E-state index in [1.165, 1.54) is 6.92 Å². The lowest BCUT2D eigenvalue weighted by molar-refractivity contribution is -0.124. The first-order valence-corrected chi connectivity index (χ1v) is 16.8. The van der Waals surface area contributed by atoms with Crippen LogP contribution in [0.5, 0.6) is 17.2 Å². The number of imidazole rings is 1. The average molecular weight is 670 g/mol. The topological polar surface area (TPSA) is 144 Å². The molecule has 5 rings (SSSR count). The van der Waals surface area contributed by atoms with Crippen LogP contribution < -0.4 is 35.6 Å². The van der Waals surface area contributed by atoms with E-state index in [2.05, 4.69) is 34.8 Å². The second-order valence-electron chi connectivity index (χ2n) is 13.0. The van der Waals surface area contributed by atoms with Gasteiger partial charge in [-0.15, -0.1) is 0 Å². The summed E-state index contributed by atoms with van der Waals surface area (Å²) in [6, 6.07) is 13.2. The molecule has 11 heteroatoms. The first kappa shape index (κ1) is 35.3. The number of aromatic amines is 1. The Hall–Kier alpha value is -5.06. The Morgan fingerprint density at radius 2 is 1.73 bits per heavy atom. The van der Waals surface area contributed by atoms with Gasteiger partial charge in [-0.2, -0.15) is 0 Å². The van der Waals surface area contributed by atoms with Crippen LogP contribution in [0, 0.1) is 11.8 Å². The summed E-state index contributed by atoms with van der Waals surface area (Å²) in [4.78, 5) is 48.6. The fraction of sp³-hybridized carbons (Fsp3) is 0.421. The van der Waals surface area contributed by atoms with Gasteiger partial charge in [-0.3, -0.25) is 14.4 Å². The molecule has 1 aliphatic rings. The highest BCUT2D eigenvalue weighted by Crippen LogP contribution is 2.50. The van der Waals surface area contributed by atoms with E-state index in [0.29, 0.717) is 47.0 Å². The van der Waals surface area contributed by atoms with Crippen molar-refractivity contribution in [1.29, 1.82) is 0 Å². The molecule has 11 nitrogen and oxygen atoms in total. The van der Waals surface area contributed by atoms with Crippen LogP contribution in [0.15, 0.2) is 53.3 Å². The van der Waals surface area contributed by atoms with E-state index in [9.17, 15) is 14.4 Å². The molecule has 1 heterocycles. The van der Waals surface area contributed by atoms with Crippen LogP contribution in [0.2, 0.25) is 0 Å². The van der Waals surface area contributed by atoms with Crippen molar-refractivity contribution in [3.8, 4) is 28.4 Å². The first-order chi connectivity index (χ1) is 23.5. The highest BCUT2D eigenvalue weighted by molar-refractivity contribution is 5.86. The number of aromatic nitrogens is 2. The summed E-state index contributed by atoms with van der Waals surface area (Å²) in [6.45, 7) is 9.50. The Morgan fingerprint density at radius 1 is 1.00 bits per heavy atom. The standard InChI is InChI=1S/C38H47N5O6/c1-9-21(4)34(37-41-27-12-10-11-13-28(27)42-37)43-38(46)33(20(2)3)40-29-17-15-24-25(19-30(29)45)26(39-22(5)44)16-14-23-18-31(47-6)35(48-7)36(49-8)32(23)24/h10-13,15,17-21,26,33-34H,9,14,16H2,1-8H3,(H,39,44)(H,40,45)(H,41,42)(H,43,46). The summed E-state index contributed by atoms with van der Waals surface area (Å²) in [5.74, 6) is 1.58. The van der Waals surface area contributed by atoms with Gasteiger partial charge in [0.25, 0.3) is 0 Å². The van der Waals surface area contributed by atoms with Crippen molar-refractivity contribution in [2.24, 2.45) is 11.8 Å². The Labute approximate surface area is 287 Å². The molecular formula is C38H47N5O6. The summed E-state index contributed by atoms with van der Waals surface area (Å²) in [5, 5.41) is 9.54. The van der Waals surface area contributed by atoms with E-state index in [4.69, 9.17) is 19.2 Å². The largest absolute Gasteiger partial charge is 0.493 e. The number of rotatable bonds is 12. The number of hydrogen-bond acceptors (Lipinski definition) is 8. The number of fused-ring (bicyclic) bond motifs is 4. The monoisotopic (exact) mass is 669 g/mol. The Morgan fingerprint density at radius 3 is 2.37 bits per heavy atom. The fourth-order valence-electron chi connectivity index (χ4n) is 6.61. The van der Waals surface area contributed by atoms with E-state index in [1.807, 2.05) is 50.2 Å². The SMILES string of the molecule is CCC(C)C(NC(=O)C(Nc1ccc2c(cc1=O)C(NC(C)=O)CCc1cc(OC)c(OC)c(OC)c1-2)C(C)C)c1nc2ccccc2[nH]1. The van der Waals surface area contributed by atoms with Crippen LogP contribution >= 0.6 is 0 Å². The van der Waals surface area contributed by atoms with Gasteiger partial charge < -0.3 is 35.1 Å². The third kappa shape index (κ3) is 7.21. The van der Waals surface area contributed by atoms with Crippen molar-refractivity contribution in [3.63, 3.8) is 0 Å². The maximum Gasteiger partial charge on any atom is 0.243 e. The van der Waals surface area contributed by atoms with Crippen LogP contribution in [-0.2, 0) is 16.0 Å². The van der Waals surface area contributed by atoms with Crippen molar-refractivity contribution in [2.75, 3.05) is 26.6 Å². The molecule has 4 unspecified atom stereocenters. The molecule has 49 heavy (non-hydrogen) atoms. The summed E-state index contributed by atoms with van der Waals surface area (Å²) in [7, 11) is 4.68. The van der Waals surface area contributed by atoms with E-state index in [1.54, 1.807) is 33.5 Å². The molecule has 4 N–H and O–H groups in total. The number of aryl methyl sites for hydroxylation is 1. The molecule has 2 amide bonds. The van der Waals surface area contributed by atoms with Crippen LogP contribution in [0.1, 0.15) is 76.5 Å². The van der Waals surface area contributed by atoms with Gasteiger partial charge in [0.15, 0.2) is 11.5 Å². The van der Waals surface area contributed by atoms with Gasteiger partial charge in [0.05, 0.1) is 50.1 Å². The molecule has 4 aromatic rings. The summed E-state index contributed by atoms with van der Waals surface area (Å²) >= 11 is 0. The van der Waals surface area contributed by atoms with Gasteiger partial charge in [0.2, 0.25) is 23.0 Å². The molecule has 4 atom stereocenters. The second-order valence-corrected chi connectivity index (χ2v) is 13.0. The highest BCUT2D eigenvalue weighted by Gasteiger charge is 2.32. The van der Waals surface area contributed by atoms with E-state index >= 15 is 0 Å². The van der Waals surface area contributed by atoms with Gasteiger partial charge in [-0.1, -0.05) is 52.3 Å². The average Bonchev–Trinajstić information content (AvgIpc) is 3.38. The van der Waals surface area contributed by atoms with E-state index < -0.39 is 12.1 Å².